The van der Waals surface area contributed by atoms with E-state index in [2.05, 4.69) is 6.07 Å². The van der Waals surface area contributed by atoms with Crippen LogP contribution in [0.15, 0.2) is 24.3 Å². The van der Waals surface area contributed by atoms with Gasteiger partial charge in [0.25, 0.3) is 0 Å². The summed E-state index contributed by atoms with van der Waals surface area (Å²) in [7, 11) is 0. The molecule has 1 aromatic carbocycles. The van der Waals surface area contributed by atoms with Crippen LogP contribution in [-0.4, -0.2) is 53.3 Å². The quantitative estimate of drug-likeness (QED) is 0.864. The van der Waals surface area contributed by atoms with Gasteiger partial charge in [-0.3, -0.25) is 9.59 Å². The zero-order valence-electron chi connectivity index (χ0n) is 15.7. The Morgan fingerprint density at radius 2 is 1.89 bits per heavy atom. The number of rotatable bonds is 3. The second-order valence-corrected chi connectivity index (χ2v) is 8.73. The molecule has 1 saturated carbocycles. The van der Waals surface area contributed by atoms with Crippen LogP contribution in [0.25, 0.3) is 0 Å². The van der Waals surface area contributed by atoms with Crippen molar-refractivity contribution in [3.05, 3.63) is 34.9 Å². The molecule has 2 N–H and O–H groups in total. The van der Waals surface area contributed by atoms with Crippen LogP contribution in [0.2, 0.25) is 5.02 Å². The Hall–Kier alpha value is -1.59. The summed E-state index contributed by atoms with van der Waals surface area (Å²) < 4.78 is 0. The highest BCUT2D eigenvalue weighted by Crippen LogP contribution is 2.41. The molecule has 1 atom stereocenters. The second-order valence-electron chi connectivity index (χ2n) is 8.29. The summed E-state index contributed by atoms with van der Waals surface area (Å²) in [5.41, 5.74) is 7.30. The SMILES string of the molecule is NC[C@]1(c2cccc(Cl)c2)CC[C@H](N2CC(=O)N3CCCC[C@@H]3C2=O)CC1. The molecule has 3 aliphatic rings. The van der Waals surface area contributed by atoms with Crippen molar-refractivity contribution in [3.63, 3.8) is 0 Å². The van der Waals surface area contributed by atoms with E-state index < -0.39 is 0 Å². The fraction of sp³-hybridized carbons (Fsp3) is 0.619. The number of amides is 2. The molecule has 2 saturated heterocycles. The predicted molar refractivity (Wildman–Crippen MR) is 106 cm³/mol. The summed E-state index contributed by atoms with van der Waals surface area (Å²) in [6, 6.07) is 7.90. The van der Waals surface area contributed by atoms with Gasteiger partial charge in [-0.15, -0.1) is 0 Å². The number of carbonyl (C=O) groups excluding carboxylic acids is 2. The van der Waals surface area contributed by atoms with Crippen LogP contribution in [0, 0.1) is 0 Å². The molecule has 1 aromatic rings. The zero-order chi connectivity index (χ0) is 19.0. The third kappa shape index (κ3) is 3.36. The van der Waals surface area contributed by atoms with Crippen molar-refractivity contribution >= 4 is 23.4 Å². The van der Waals surface area contributed by atoms with Gasteiger partial charge in [0.1, 0.15) is 12.6 Å². The molecule has 5 nitrogen and oxygen atoms in total. The van der Waals surface area contributed by atoms with Gasteiger partial charge >= 0.3 is 0 Å². The molecule has 27 heavy (non-hydrogen) atoms. The first kappa shape index (κ1) is 18.8. The summed E-state index contributed by atoms with van der Waals surface area (Å²) >= 11 is 6.20. The molecule has 3 fully saturated rings. The lowest BCUT2D eigenvalue weighted by molar-refractivity contribution is -0.160. The monoisotopic (exact) mass is 389 g/mol. The molecule has 2 amide bonds. The van der Waals surface area contributed by atoms with E-state index in [1.54, 1.807) is 4.90 Å². The Morgan fingerprint density at radius 3 is 2.59 bits per heavy atom. The van der Waals surface area contributed by atoms with Crippen LogP contribution in [0.5, 0.6) is 0 Å². The van der Waals surface area contributed by atoms with E-state index in [1.165, 1.54) is 5.56 Å². The van der Waals surface area contributed by atoms with E-state index in [4.69, 9.17) is 17.3 Å². The maximum absolute atomic E-state index is 13.0. The van der Waals surface area contributed by atoms with Crippen molar-refractivity contribution in [1.82, 2.24) is 9.80 Å². The first-order valence-electron chi connectivity index (χ1n) is 10.1. The van der Waals surface area contributed by atoms with Crippen LogP contribution >= 0.6 is 11.6 Å². The third-order valence-electron chi connectivity index (χ3n) is 6.88. The molecule has 0 aromatic heterocycles. The topological polar surface area (TPSA) is 66.6 Å². The minimum absolute atomic E-state index is 0.0822. The molecular weight excluding hydrogens is 362 g/mol. The lowest BCUT2D eigenvalue weighted by Gasteiger charge is -2.48. The Labute approximate surface area is 165 Å². The molecule has 146 valence electrons. The number of hydrogen-bond donors (Lipinski definition) is 1. The van der Waals surface area contributed by atoms with Gasteiger partial charge in [-0.25, -0.2) is 0 Å². The van der Waals surface area contributed by atoms with E-state index >= 15 is 0 Å². The summed E-state index contributed by atoms with van der Waals surface area (Å²) in [5.74, 6) is 0.270. The number of piperazine rings is 1. The molecule has 2 heterocycles. The third-order valence-corrected chi connectivity index (χ3v) is 7.11. The highest BCUT2D eigenvalue weighted by Gasteiger charge is 2.45. The zero-order valence-corrected chi connectivity index (χ0v) is 16.5. The first-order valence-corrected chi connectivity index (χ1v) is 10.5. The predicted octanol–water partition coefficient (Wildman–Crippen LogP) is 2.70. The maximum atomic E-state index is 13.0. The van der Waals surface area contributed by atoms with Crippen molar-refractivity contribution in [1.29, 1.82) is 0 Å². The number of nitrogens with two attached hydrogens (primary N) is 1. The molecule has 4 rings (SSSR count). The van der Waals surface area contributed by atoms with Gasteiger partial charge in [-0.2, -0.15) is 0 Å². The van der Waals surface area contributed by atoms with Crippen molar-refractivity contribution in [2.24, 2.45) is 5.73 Å². The van der Waals surface area contributed by atoms with Gasteiger partial charge in [0, 0.05) is 29.6 Å². The van der Waals surface area contributed by atoms with Crippen molar-refractivity contribution in [3.8, 4) is 0 Å². The van der Waals surface area contributed by atoms with E-state index in [1.807, 2.05) is 23.1 Å². The number of hydrogen-bond acceptors (Lipinski definition) is 3. The molecule has 0 spiro atoms. The summed E-state index contributed by atoms with van der Waals surface area (Å²) in [5, 5.41) is 0.733. The summed E-state index contributed by atoms with van der Waals surface area (Å²) in [6.45, 7) is 1.55. The van der Waals surface area contributed by atoms with Gasteiger partial charge in [-0.05, 0) is 62.6 Å². The van der Waals surface area contributed by atoms with Crippen LogP contribution in [-0.2, 0) is 15.0 Å². The second kappa shape index (κ2) is 7.44. The number of nitrogens with zero attached hydrogens (tertiary/aromatic N) is 2. The van der Waals surface area contributed by atoms with Gasteiger partial charge in [0.15, 0.2) is 0 Å². The van der Waals surface area contributed by atoms with Crippen LogP contribution in [0.1, 0.15) is 50.5 Å². The van der Waals surface area contributed by atoms with Crippen molar-refractivity contribution in [2.45, 2.75) is 62.4 Å². The van der Waals surface area contributed by atoms with Gasteiger partial charge in [0.05, 0.1) is 0 Å². The van der Waals surface area contributed by atoms with Crippen LogP contribution < -0.4 is 5.73 Å². The normalized spacial score (nSPS) is 31.8. The van der Waals surface area contributed by atoms with E-state index in [-0.39, 0.29) is 35.9 Å². The minimum Gasteiger partial charge on any atom is -0.330 e. The fourth-order valence-electron chi connectivity index (χ4n) is 5.20. The van der Waals surface area contributed by atoms with Crippen LogP contribution in [0.4, 0.5) is 0 Å². The van der Waals surface area contributed by atoms with Gasteiger partial charge in [-0.1, -0.05) is 23.7 Å². The van der Waals surface area contributed by atoms with Gasteiger partial charge < -0.3 is 15.5 Å². The Kier molecular flexibility index (Phi) is 5.17. The van der Waals surface area contributed by atoms with Crippen LogP contribution in [0.3, 0.4) is 0 Å². The van der Waals surface area contributed by atoms with E-state index in [0.717, 1.165) is 56.5 Å². The smallest absolute Gasteiger partial charge is 0.246 e. The lowest BCUT2D eigenvalue weighted by atomic mass is 9.68. The molecule has 0 bridgehead atoms. The standard InChI is InChI=1S/C21H28ClN3O2/c22-16-5-3-4-15(12-16)21(14-23)9-7-17(8-10-21)25-13-19(26)24-11-2-1-6-18(24)20(25)27/h3-5,12,17-18H,1-2,6-11,13-14,23H2/t17-,18-,21-/m1/s1. The summed E-state index contributed by atoms with van der Waals surface area (Å²) in [6.07, 6.45) is 6.46. The minimum atomic E-state index is -0.228. The number of halogens is 1. The highest BCUT2D eigenvalue weighted by atomic mass is 35.5. The average Bonchev–Trinajstić information content (AvgIpc) is 2.71. The Bertz CT molecular complexity index is 730. The Balaban J connectivity index is 1.48. The fourth-order valence-corrected chi connectivity index (χ4v) is 5.39. The van der Waals surface area contributed by atoms with Gasteiger partial charge in [0.2, 0.25) is 11.8 Å². The molecule has 0 radical (unpaired) electrons. The maximum Gasteiger partial charge on any atom is 0.246 e. The average molecular weight is 390 g/mol. The number of benzene rings is 1. The highest BCUT2D eigenvalue weighted by molar-refractivity contribution is 6.30. The molecule has 0 unspecified atom stereocenters. The van der Waals surface area contributed by atoms with E-state index in [0.29, 0.717) is 6.54 Å². The Morgan fingerprint density at radius 1 is 1.11 bits per heavy atom. The van der Waals surface area contributed by atoms with E-state index in [9.17, 15) is 9.59 Å². The first-order chi connectivity index (χ1) is 13.0. The summed E-state index contributed by atoms with van der Waals surface area (Å²) in [4.78, 5) is 29.3. The lowest BCUT2D eigenvalue weighted by Crippen LogP contribution is -2.63. The van der Waals surface area contributed by atoms with Crippen molar-refractivity contribution < 1.29 is 9.59 Å². The number of piperidine rings is 1. The molecule has 1 aliphatic carbocycles. The largest absolute Gasteiger partial charge is 0.330 e. The molecule has 6 heteroatoms. The molecule has 2 aliphatic heterocycles. The number of carbonyl (C=O) groups is 2. The number of fused-ring (bicyclic) bond motifs is 1. The molecular formula is C21H28ClN3O2. The van der Waals surface area contributed by atoms with Crippen molar-refractivity contribution in [2.75, 3.05) is 19.6 Å².